The molecule has 0 radical (unpaired) electrons. The Bertz CT molecular complexity index is 294. The Kier molecular flexibility index (Phi) is 16.0. The van der Waals surface area contributed by atoms with Crippen molar-refractivity contribution >= 4 is 0 Å². The van der Waals surface area contributed by atoms with Crippen LogP contribution >= 0.6 is 0 Å². The maximum absolute atomic E-state index is 3.71. The summed E-state index contributed by atoms with van der Waals surface area (Å²) in [6.07, 6.45) is 17.3. The molecule has 0 aliphatic carbocycles. The van der Waals surface area contributed by atoms with Gasteiger partial charge in [-0.1, -0.05) is 71.4 Å². The average Bonchev–Trinajstić information content (AvgIpc) is 2.54. The summed E-state index contributed by atoms with van der Waals surface area (Å²) in [5.74, 6) is 1.77. The minimum atomic E-state index is 0.617. The smallest absolute Gasteiger partial charge is 0.00757 e. The Balaban J connectivity index is 3.64. The van der Waals surface area contributed by atoms with E-state index in [1.807, 2.05) is 0 Å². The van der Waals surface area contributed by atoms with E-state index in [1.165, 1.54) is 77.2 Å². The number of rotatable bonds is 16. The van der Waals surface area contributed by atoms with Crippen molar-refractivity contribution in [2.45, 2.75) is 118 Å². The van der Waals surface area contributed by atoms with E-state index in [-0.39, 0.29) is 0 Å². The minimum absolute atomic E-state index is 0.617. The van der Waals surface area contributed by atoms with Crippen LogP contribution in [0, 0.1) is 11.8 Å². The van der Waals surface area contributed by atoms with E-state index in [4.69, 9.17) is 0 Å². The molecule has 3 atom stereocenters. The normalized spacial score (nSPS) is 16.2. The third-order valence-corrected chi connectivity index (χ3v) is 5.30. The molecule has 0 aromatic rings. The van der Waals surface area contributed by atoms with Gasteiger partial charge < -0.3 is 5.32 Å². The molecule has 1 N–H and O–H groups in total. The summed E-state index contributed by atoms with van der Waals surface area (Å²) in [4.78, 5) is 0. The summed E-state index contributed by atoms with van der Waals surface area (Å²) in [5, 5.41) is 3.71. The standard InChI is InChI=1S/C23H47N/c1-7-9-10-11-12-13-15-22(5)19-23(6)24-17-14-16-21(4)18-20(3)8-2/h15,20-21,23-24H,7-14,16-19H2,1-6H3/b22-15+/t20?,21?,23-/m1/s1. The summed E-state index contributed by atoms with van der Waals surface area (Å²) in [6, 6.07) is 0.617. The zero-order chi connectivity index (χ0) is 18.2. The molecule has 24 heavy (non-hydrogen) atoms. The molecule has 2 unspecified atom stereocenters. The highest BCUT2D eigenvalue weighted by atomic mass is 14.9. The molecular weight excluding hydrogens is 290 g/mol. The van der Waals surface area contributed by atoms with E-state index < -0.39 is 0 Å². The molecule has 0 saturated heterocycles. The zero-order valence-electron chi connectivity index (χ0n) is 17.8. The first kappa shape index (κ1) is 23.7. The SMILES string of the molecule is CCCCCCC/C=C(\C)C[C@@H](C)NCCCC(C)CC(C)CC. The second-order valence-electron chi connectivity index (χ2n) is 8.31. The van der Waals surface area contributed by atoms with Crippen LogP contribution in [0.4, 0.5) is 0 Å². The average molecular weight is 338 g/mol. The highest BCUT2D eigenvalue weighted by Crippen LogP contribution is 2.18. The second kappa shape index (κ2) is 16.2. The third kappa shape index (κ3) is 15.2. The highest BCUT2D eigenvalue weighted by Gasteiger charge is 2.07. The van der Waals surface area contributed by atoms with E-state index in [2.05, 4.69) is 52.9 Å². The molecule has 0 aliphatic heterocycles. The predicted octanol–water partition coefficient (Wildman–Crippen LogP) is 7.51. The van der Waals surface area contributed by atoms with Crippen LogP contribution in [-0.2, 0) is 0 Å². The van der Waals surface area contributed by atoms with Gasteiger partial charge in [0.1, 0.15) is 0 Å². The van der Waals surface area contributed by atoms with Gasteiger partial charge in [-0.05, 0) is 70.8 Å². The monoisotopic (exact) mass is 337 g/mol. The van der Waals surface area contributed by atoms with Crippen LogP contribution in [0.3, 0.4) is 0 Å². The molecule has 0 saturated carbocycles. The topological polar surface area (TPSA) is 12.0 Å². The van der Waals surface area contributed by atoms with Crippen LogP contribution < -0.4 is 5.32 Å². The van der Waals surface area contributed by atoms with Gasteiger partial charge in [0.25, 0.3) is 0 Å². The molecule has 0 aromatic heterocycles. The first-order valence-electron chi connectivity index (χ1n) is 10.9. The predicted molar refractivity (Wildman–Crippen MR) is 112 cm³/mol. The van der Waals surface area contributed by atoms with Gasteiger partial charge in [-0.3, -0.25) is 0 Å². The Morgan fingerprint density at radius 2 is 1.62 bits per heavy atom. The Morgan fingerprint density at radius 1 is 0.917 bits per heavy atom. The number of hydrogen-bond donors (Lipinski definition) is 1. The summed E-state index contributed by atoms with van der Waals surface area (Å²) in [6.45, 7) is 15.2. The highest BCUT2D eigenvalue weighted by molar-refractivity contribution is 5.00. The van der Waals surface area contributed by atoms with E-state index in [0.717, 1.165) is 11.8 Å². The van der Waals surface area contributed by atoms with Crippen LogP contribution in [0.1, 0.15) is 112 Å². The quantitative estimate of drug-likeness (QED) is 0.227. The van der Waals surface area contributed by atoms with Crippen LogP contribution in [0.25, 0.3) is 0 Å². The summed E-state index contributed by atoms with van der Waals surface area (Å²) >= 11 is 0. The van der Waals surface area contributed by atoms with E-state index in [0.29, 0.717) is 6.04 Å². The largest absolute Gasteiger partial charge is 0.314 e. The van der Waals surface area contributed by atoms with Crippen molar-refractivity contribution in [2.75, 3.05) is 6.54 Å². The fourth-order valence-electron chi connectivity index (χ4n) is 3.51. The molecule has 0 aliphatic rings. The van der Waals surface area contributed by atoms with Crippen molar-refractivity contribution in [3.05, 3.63) is 11.6 Å². The Morgan fingerprint density at radius 3 is 2.29 bits per heavy atom. The molecule has 1 heteroatoms. The van der Waals surface area contributed by atoms with Gasteiger partial charge in [0, 0.05) is 6.04 Å². The number of nitrogens with one attached hydrogen (secondary N) is 1. The number of unbranched alkanes of at least 4 members (excludes halogenated alkanes) is 5. The lowest BCUT2D eigenvalue weighted by atomic mass is 9.92. The molecule has 0 amide bonds. The van der Waals surface area contributed by atoms with Gasteiger partial charge in [-0.25, -0.2) is 0 Å². The lowest BCUT2D eigenvalue weighted by molar-refractivity contribution is 0.373. The van der Waals surface area contributed by atoms with E-state index >= 15 is 0 Å². The summed E-state index contributed by atoms with van der Waals surface area (Å²) in [7, 11) is 0. The van der Waals surface area contributed by atoms with Crippen LogP contribution in [-0.4, -0.2) is 12.6 Å². The number of allylic oxidation sites excluding steroid dienone is 1. The molecule has 0 rings (SSSR count). The van der Waals surface area contributed by atoms with Gasteiger partial charge in [0.2, 0.25) is 0 Å². The van der Waals surface area contributed by atoms with E-state index in [9.17, 15) is 0 Å². The molecule has 144 valence electrons. The fourth-order valence-corrected chi connectivity index (χ4v) is 3.51. The van der Waals surface area contributed by atoms with Gasteiger partial charge >= 0.3 is 0 Å². The molecule has 0 bridgehead atoms. The Labute approximate surface area is 154 Å². The third-order valence-electron chi connectivity index (χ3n) is 5.30. The van der Waals surface area contributed by atoms with Crippen molar-refractivity contribution in [1.29, 1.82) is 0 Å². The molecule has 0 spiro atoms. The van der Waals surface area contributed by atoms with Crippen molar-refractivity contribution in [1.82, 2.24) is 5.32 Å². The molecular formula is C23H47N. The Hall–Kier alpha value is -0.300. The first-order chi connectivity index (χ1) is 11.5. The van der Waals surface area contributed by atoms with Gasteiger partial charge in [-0.2, -0.15) is 0 Å². The molecule has 0 heterocycles. The van der Waals surface area contributed by atoms with Crippen molar-refractivity contribution < 1.29 is 0 Å². The van der Waals surface area contributed by atoms with Crippen LogP contribution in [0.5, 0.6) is 0 Å². The zero-order valence-corrected chi connectivity index (χ0v) is 17.8. The van der Waals surface area contributed by atoms with Crippen molar-refractivity contribution in [3.8, 4) is 0 Å². The first-order valence-corrected chi connectivity index (χ1v) is 10.9. The fraction of sp³-hybridized carbons (Fsp3) is 0.913. The maximum Gasteiger partial charge on any atom is 0.00757 e. The second-order valence-corrected chi connectivity index (χ2v) is 8.31. The van der Waals surface area contributed by atoms with Crippen LogP contribution in [0.2, 0.25) is 0 Å². The minimum Gasteiger partial charge on any atom is -0.314 e. The van der Waals surface area contributed by atoms with E-state index in [1.54, 1.807) is 5.57 Å². The lowest BCUT2D eigenvalue weighted by Gasteiger charge is -2.17. The van der Waals surface area contributed by atoms with Gasteiger partial charge in [-0.15, -0.1) is 0 Å². The molecule has 0 fully saturated rings. The number of hydrogen-bond acceptors (Lipinski definition) is 1. The van der Waals surface area contributed by atoms with Crippen LogP contribution in [0.15, 0.2) is 11.6 Å². The molecule has 1 nitrogen and oxygen atoms in total. The van der Waals surface area contributed by atoms with Gasteiger partial charge in [0.15, 0.2) is 0 Å². The van der Waals surface area contributed by atoms with Gasteiger partial charge in [0.05, 0.1) is 0 Å². The lowest BCUT2D eigenvalue weighted by Crippen LogP contribution is -2.27. The summed E-state index contributed by atoms with van der Waals surface area (Å²) in [5.41, 5.74) is 1.57. The summed E-state index contributed by atoms with van der Waals surface area (Å²) < 4.78 is 0. The molecule has 0 aromatic carbocycles. The van der Waals surface area contributed by atoms with Crippen molar-refractivity contribution in [3.63, 3.8) is 0 Å². The maximum atomic E-state index is 3.71. The van der Waals surface area contributed by atoms with Crippen molar-refractivity contribution in [2.24, 2.45) is 11.8 Å².